The fraction of sp³-hybridized carbons (Fsp3) is 0.0435. The molecule has 9 aromatic carbocycles. The van der Waals surface area contributed by atoms with Crippen molar-refractivity contribution < 1.29 is 0 Å². The molecule has 9 rings (SSSR count). The van der Waals surface area contributed by atoms with Crippen molar-refractivity contribution in [3.05, 3.63) is 170 Å². The topological polar surface area (TPSA) is 35.0 Å². The Balaban J connectivity index is 0.00000115. The summed E-state index contributed by atoms with van der Waals surface area (Å²) in [6.45, 7) is 4.00. The van der Waals surface area contributed by atoms with Crippen LogP contribution in [0.1, 0.15) is 13.8 Å². The van der Waals surface area contributed by atoms with Crippen molar-refractivity contribution in [3.8, 4) is 33.4 Å². The molecule has 0 spiro atoms. The number of hydrogen-bond acceptors (Lipinski definition) is 1. The Labute approximate surface area is 276 Å². The van der Waals surface area contributed by atoms with Crippen LogP contribution < -0.4 is 6.15 Å². The third kappa shape index (κ3) is 4.84. The van der Waals surface area contributed by atoms with Gasteiger partial charge < -0.3 is 6.15 Å². The summed E-state index contributed by atoms with van der Waals surface area (Å²) < 4.78 is 0. The summed E-state index contributed by atoms with van der Waals surface area (Å²) in [7, 11) is 0. The van der Waals surface area contributed by atoms with Crippen LogP contribution in [0.25, 0.3) is 87.2 Å². The molecule has 1 heteroatoms. The molecular weight excluding hydrogens is 567 g/mol. The van der Waals surface area contributed by atoms with E-state index in [-0.39, 0.29) is 6.15 Å². The fourth-order valence-corrected chi connectivity index (χ4v) is 7.37. The highest BCUT2D eigenvalue weighted by molar-refractivity contribution is 6.26. The van der Waals surface area contributed by atoms with Gasteiger partial charge in [-0.25, -0.2) is 0 Å². The highest BCUT2D eigenvalue weighted by Crippen LogP contribution is 2.47. The van der Waals surface area contributed by atoms with E-state index in [0.717, 1.165) is 0 Å². The first-order valence-corrected chi connectivity index (χ1v) is 16.3. The predicted molar refractivity (Wildman–Crippen MR) is 207 cm³/mol. The second kappa shape index (κ2) is 12.6. The quantitative estimate of drug-likeness (QED) is 0.158. The lowest BCUT2D eigenvalue weighted by Crippen LogP contribution is -1.92. The van der Waals surface area contributed by atoms with Gasteiger partial charge in [-0.3, -0.25) is 0 Å². The minimum absolute atomic E-state index is 0. The van der Waals surface area contributed by atoms with Crippen molar-refractivity contribution in [2.24, 2.45) is 0 Å². The third-order valence-corrected chi connectivity index (χ3v) is 9.23. The highest BCUT2D eigenvalue weighted by atomic mass is 14.2. The van der Waals surface area contributed by atoms with E-state index >= 15 is 0 Å². The Kier molecular flexibility index (Phi) is 8.00. The lowest BCUT2D eigenvalue weighted by molar-refractivity contribution is 1.50. The van der Waals surface area contributed by atoms with E-state index in [1.807, 2.05) is 13.8 Å². The van der Waals surface area contributed by atoms with E-state index in [2.05, 4.69) is 170 Å². The lowest BCUT2D eigenvalue weighted by atomic mass is 9.83. The van der Waals surface area contributed by atoms with Crippen molar-refractivity contribution in [1.82, 2.24) is 6.15 Å². The van der Waals surface area contributed by atoms with Gasteiger partial charge in [0.25, 0.3) is 0 Å². The molecule has 47 heavy (non-hydrogen) atoms. The molecule has 1 nitrogen and oxygen atoms in total. The van der Waals surface area contributed by atoms with Crippen molar-refractivity contribution in [3.63, 3.8) is 0 Å². The molecule has 0 unspecified atom stereocenters. The largest absolute Gasteiger partial charge is 0.344 e. The summed E-state index contributed by atoms with van der Waals surface area (Å²) in [5.74, 6) is 0. The van der Waals surface area contributed by atoms with Gasteiger partial charge in [0.15, 0.2) is 0 Å². The summed E-state index contributed by atoms with van der Waals surface area (Å²) >= 11 is 0. The van der Waals surface area contributed by atoms with E-state index in [1.54, 1.807) is 0 Å². The minimum Gasteiger partial charge on any atom is -0.344 e. The summed E-state index contributed by atoms with van der Waals surface area (Å²) in [6.07, 6.45) is 0. The summed E-state index contributed by atoms with van der Waals surface area (Å²) in [5, 5.41) is 12.8. The van der Waals surface area contributed by atoms with E-state index in [4.69, 9.17) is 0 Å². The first-order valence-electron chi connectivity index (χ1n) is 16.3. The smallest absolute Gasteiger partial charge is 0.00201 e. The molecule has 0 aromatic heterocycles. The van der Waals surface area contributed by atoms with Gasteiger partial charge in [-0.15, -0.1) is 0 Å². The molecule has 3 N–H and O–H groups in total. The molecule has 0 aliphatic heterocycles. The Bertz CT molecular complexity index is 2470. The third-order valence-electron chi connectivity index (χ3n) is 9.23. The Hall–Kier alpha value is -5.76. The molecule has 226 valence electrons. The molecule has 9 aromatic rings. The van der Waals surface area contributed by atoms with Gasteiger partial charge in [-0.2, -0.15) is 0 Å². The van der Waals surface area contributed by atoms with Crippen LogP contribution in [0, 0.1) is 0 Å². The molecule has 0 bridgehead atoms. The van der Waals surface area contributed by atoms with Gasteiger partial charge >= 0.3 is 0 Å². The average Bonchev–Trinajstić information content (AvgIpc) is 3.14. The monoisotopic (exact) mass is 603 g/mol. The number of hydrogen-bond donors (Lipinski definition) is 1. The van der Waals surface area contributed by atoms with Gasteiger partial charge in [0.1, 0.15) is 0 Å². The van der Waals surface area contributed by atoms with Crippen LogP contribution in [-0.2, 0) is 0 Å². The molecule has 0 radical (unpaired) electrons. The Morgan fingerprint density at radius 2 is 0.681 bits per heavy atom. The number of fused-ring (bicyclic) bond motifs is 6. The molecule has 0 saturated heterocycles. The van der Waals surface area contributed by atoms with Crippen LogP contribution >= 0.6 is 0 Å². The van der Waals surface area contributed by atoms with Crippen molar-refractivity contribution >= 4 is 53.9 Å². The van der Waals surface area contributed by atoms with Crippen molar-refractivity contribution in [2.75, 3.05) is 0 Å². The highest BCUT2D eigenvalue weighted by Gasteiger charge is 2.19. The zero-order valence-electron chi connectivity index (χ0n) is 26.9. The van der Waals surface area contributed by atoms with Gasteiger partial charge in [0, 0.05) is 0 Å². The van der Waals surface area contributed by atoms with E-state index in [9.17, 15) is 0 Å². The van der Waals surface area contributed by atoms with Gasteiger partial charge in [-0.1, -0.05) is 178 Å². The van der Waals surface area contributed by atoms with Crippen LogP contribution in [-0.4, -0.2) is 0 Å². The van der Waals surface area contributed by atoms with E-state index < -0.39 is 0 Å². The zero-order chi connectivity index (χ0) is 31.0. The van der Waals surface area contributed by atoms with Crippen LogP contribution in [0.4, 0.5) is 0 Å². The average molecular weight is 604 g/mol. The lowest BCUT2D eigenvalue weighted by Gasteiger charge is -2.19. The van der Waals surface area contributed by atoms with Gasteiger partial charge in [0.05, 0.1) is 0 Å². The van der Waals surface area contributed by atoms with E-state index in [1.165, 1.54) is 87.2 Å². The maximum atomic E-state index is 2.39. The van der Waals surface area contributed by atoms with Crippen molar-refractivity contribution in [1.29, 1.82) is 0 Å². The van der Waals surface area contributed by atoms with Crippen LogP contribution in [0.5, 0.6) is 0 Å². The maximum Gasteiger partial charge on any atom is -0.00201 e. The first-order chi connectivity index (χ1) is 22.9. The molecule has 0 aliphatic rings. The van der Waals surface area contributed by atoms with Crippen molar-refractivity contribution in [2.45, 2.75) is 13.8 Å². The van der Waals surface area contributed by atoms with Crippen LogP contribution in [0.2, 0.25) is 0 Å². The molecule has 0 atom stereocenters. The predicted octanol–water partition coefficient (Wildman–Crippen LogP) is 13.6. The SMILES string of the molecule is CC.N.c1ccc(-c2c3ccccc3c(-c3cccc4c3ccc3c(-c5ccccc5)c5ccccc5cc34)c3ccccc23)cc1. The van der Waals surface area contributed by atoms with Crippen LogP contribution in [0.3, 0.4) is 0 Å². The molecular formula is C46H37N. The Morgan fingerprint density at radius 3 is 1.26 bits per heavy atom. The standard InChI is InChI=1S/C44H28.C2H6.H3N/c1-3-14-29(15-4-1)42-32-19-8-7-18-31(32)28-41-33-24-13-25-35(34(33)26-27-40(41)42)44-38-22-11-9-20-36(38)43(30-16-5-2-6-17-30)37-21-10-12-23-39(37)44;1-2;/h1-28H;1-2H3;1H3. The normalized spacial score (nSPS) is 11.0. The molecule has 0 heterocycles. The summed E-state index contributed by atoms with van der Waals surface area (Å²) in [4.78, 5) is 0. The number of benzene rings is 9. The van der Waals surface area contributed by atoms with Gasteiger partial charge in [-0.05, 0) is 93.3 Å². The molecule has 0 saturated carbocycles. The van der Waals surface area contributed by atoms with Gasteiger partial charge in [0.2, 0.25) is 0 Å². The fourth-order valence-electron chi connectivity index (χ4n) is 7.37. The van der Waals surface area contributed by atoms with E-state index in [0.29, 0.717) is 0 Å². The number of rotatable bonds is 3. The second-order valence-electron chi connectivity index (χ2n) is 11.6. The minimum atomic E-state index is 0. The van der Waals surface area contributed by atoms with Crippen LogP contribution in [0.15, 0.2) is 170 Å². The Morgan fingerprint density at radius 1 is 0.277 bits per heavy atom. The maximum absolute atomic E-state index is 2.39. The first kappa shape index (κ1) is 29.9. The molecule has 0 aliphatic carbocycles. The molecule has 0 fully saturated rings. The second-order valence-corrected chi connectivity index (χ2v) is 11.6. The summed E-state index contributed by atoms with van der Waals surface area (Å²) in [6, 6.07) is 62.2. The zero-order valence-corrected chi connectivity index (χ0v) is 26.9. The summed E-state index contributed by atoms with van der Waals surface area (Å²) in [5.41, 5.74) is 7.66. The molecule has 0 amide bonds.